The van der Waals surface area contributed by atoms with E-state index in [0.717, 1.165) is 19.4 Å². The van der Waals surface area contributed by atoms with Gasteiger partial charge < -0.3 is 14.8 Å². The van der Waals surface area contributed by atoms with E-state index in [-0.39, 0.29) is 12.0 Å². The van der Waals surface area contributed by atoms with Crippen molar-refractivity contribution in [1.82, 2.24) is 5.32 Å². The summed E-state index contributed by atoms with van der Waals surface area (Å²) in [6, 6.07) is 0.562. The Hall–Kier alpha value is -0.330. The molecule has 106 valence electrons. The lowest BCUT2D eigenvalue weighted by molar-refractivity contribution is -0.184. The van der Waals surface area contributed by atoms with Crippen molar-refractivity contribution >= 4 is 0 Å². The van der Waals surface area contributed by atoms with Gasteiger partial charge in [-0.05, 0) is 25.7 Å². The highest BCUT2D eigenvalue weighted by molar-refractivity contribution is 4.89. The number of ether oxygens (including phenoxy) is 2. The summed E-state index contributed by atoms with van der Waals surface area (Å²) in [4.78, 5) is 0. The van der Waals surface area contributed by atoms with Crippen LogP contribution in [0.2, 0.25) is 0 Å². The summed E-state index contributed by atoms with van der Waals surface area (Å²) in [7, 11) is 0. The number of rotatable bonds is 6. The van der Waals surface area contributed by atoms with Gasteiger partial charge in [-0.25, -0.2) is 0 Å². The van der Waals surface area contributed by atoms with Crippen molar-refractivity contribution in [3.05, 3.63) is 0 Å². The molecule has 6 heteroatoms. The van der Waals surface area contributed by atoms with Gasteiger partial charge in [-0.3, -0.25) is 0 Å². The predicted molar refractivity (Wildman–Crippen MR) is 60.4 cm³/mol. The molecule has 0 aromatic carbocycles. The van der Waals surface area contributed by atoms with E-state index in [1.165, 1.54) is 12.8 Å². The van der Waals surface area contributed by atoms with Gasteiger partial charge in [-0.2, -0.15) is 13.2 Å². The molecule has 0 amide bonds. The van der Waals surface area contributed by atoms with Crippen LogP contribution in [0, 0.1) is 5.41 Å². The highest BCUT2D eigenvalue weighted by Crippen LogP contribution is 2.32. The second-order valence-electron chi connectivity index (χ2n) is 5.38. The lowest BCUT2D eigenvalue weighted by atomic mass is 9.81. The van der Waals surface area contributed by atoms with E-state index in [9.17, 15) is 13.2 Å². The zero-order valence-corrected chi connectivity index (χ0v) is 10.4. The summed E-state index contributed by atoms with van der Waals surface area (Å²) in [5.74, 6) is 0. The van der Waals surface area contributed by atoms with Crippen LogP contribution in [0.5, 0.6) is 0 Å². The number of nitrogens with one attached hydrogen (secondary N) is 1. The largest absolute Gasteiger partial charge is 0.411 e. The topological polar surface area (TPSA) is 30.5 Å². The molecule has 1 aliphatic carbocycles. The maximum absolute atomic E-state index is 12.1. The molecule has 2 fully saturated rings. The molecule has 1 saturated carbocycles. The predicted octanol–water partition coefficient (Wildman–Crippen LogP) is 2.11. The molecular formula is C12H20F3NO2. The summed E-state index contributed by atoms with van der Waals surface area (Å²) in [6.45, 7) is 0.969. The highest BCUT2D eigenvalue weighted by atomic mass is 19.4. The molecule has 1 heterocycles. The third-order valence-corrected chi connectivity index (χ3v) is 3.57. The van der Waals surface area contributed by atoms with Gasteiger partial charge in [0.15, 0.2) is 0 Å². The minimum atomic E-state index is -4.24. The first-order valence-electron chi connectivity index (χ1n) is 6.45. The standard InChI is InChI=1S/C12H20F3NO2/c13-12(14,15)9-18-8-11(3-5-17-6-4-11)7-16-10-1-2-10/h10,16H,1-9H2. The van der Waals surface area contributed by atoms with Gasteiger partial charge in [0.1, 0.15) is 6.61 Å². The normalized spacial score (nSPS) is 24.2. The van der Waals surface area contributed by atoms with Crippen molar-refractivity contribution in [3.63, 3.8) is 0 Å². The quantitative estimate of drug-likeness (QED) is 0.799. The van der Waals surface area contributed by atoms with E-state index >= 15 is 0 Å². The average molecular weight is 267 g/mol. The molecule has 1 saturated heterocycles. The smallest absolute Gasteiger partial charge is 0.381 e. The van der Waals surface area contributed by atoms with Crippen LogP contribution in [0.3, 0.4) is 0 Å². The van der Waals surface area contributed by atoms with E-state index in [1.54, 1.807) is 0 Å². The monoisotopic (exact) mass is 267 g/mol. The number of hydrogen-bond donors (Lipinski definition) is 1. The first-order valence-corrected chi connectivity index (χ1v) is 6.45. The Morgan fingerprint density at radius 1 is 1.22 bits per heavy atom. The SMILES string of the molecule is FC(F)(F)COCC1(CNC2CC2)CCOCC1. The van der Waals surface area contributed by atoms with E-state index < -0.39 is 12.8 Å². The summed E-state index contributed by atoms with van der Waals surface area (Å²) < 4.78 is 46.4. The molecule has 2 aliphatic rings. The summed E-state index contributed by atoms with van der Waals surface area (Å²) in [5.41, 5.74) is -0.188. The van der Waals surface area contributed by atoms with Crippen LogP contribution in [0.15, 0.2) is 0 Å². The Morgan fingerprint density at radius 2 is 1.89 bits per heavy atom. The third-order valence-electron chi connectivity index (χ3n) is 3.57. The number of hydrogen-bond acceptors (Lipinski definition) is 3. The lowest BCUT2D eigenvalue weighted by Crippen LogP contribution is -2.43. The fourth-order valence-corrected chi connectivity index (χ4v) is 2.21. The summed E-state index contributed by atoms with van der Waals surface area (Å²) >= 11 is 0. The van der Waals surface area contributed by atoms with Crippen molar-refractivity contribution in [2.45, 2.75) is 37.9 Å². The first-order chi connectivity index (χ1) is 8.49. The molecule has 0 bridgehead atoms. The second-order valence-corrected chi connectivity index (χ2v) is 5.38. The Morgan fingerprint density at radius 3 is 2.44 bits per heavy atom. The molecular weight excluding hydrogens is 247 g/mol. The van der Waals surface area contributed by atoms with Crippen LogP contribution in [0.4, 0.5) is 13.2 Å². The van der Waals surface area contributed by atoms with Gasteiger partial charge in [-0.1, -0.05) is 0 Å². The van der Waals surface area contributed by atoms with Crippen molar-refractivity contribution in [1.29, 1.82) is 0 Å². The van der Waals surface area contributed by atoms with Gasteiger partial charge in [0.2, 0.25) is 0 Å². The fraction of sp³-hybridized carbons (Fsp3) is 1.00. The van der Waals surface area contributed by atoms with Crippen LogP contribution >= 0.6 is 0 Å². The van der Waals surface area contributed by atoms with Crippen LogP contribution in [-0.4, -0.2) is 45.2 Å². The van der Waals surface area contributed by atoms with Crippen molar-refractivity contribution in [2.24, 2.45) is 5.41 Å². The van der Waals surface area contributed by atoms with Gasteiger partial charge in [0, 0.05) is 31.2 Å². The molecule has 18 heavy (non-hydrogen) atoms. The number of alkyl halides is 3. The first kappa shape index (κ1) is 14.1. The maximum atomic E-state index is 12.1. The summed E-state index contributed by atoms with van der Waals surface area (Å²) in [5, 5.41) is 3.40. The second kappa shape index (κ2) is 5.75. The van der Waals surface area contributed by atoms with Gasteiger partial charge in [-0.15, -0.1) is 0 Å². The highest BCUT2D eigenvalue weighted by Gasteiger charge is 2.36. The molecule has 0 atom stereocenters. The van der Waals surface area contributed by atoms with Crippen LogP contribution in [0.1, 0.15) is 25.7 Å². The number of halogens is 3. The van der Waals surface area contributed by atoms with E-state index in [2.05, 4.69) is 5.32 Å². The molecule has 3 nitrogen and oxygen atoms in total. The third kappa shape index (κ3) is 4.74. The van der Waals surface area contributed by atoms with Crippen LogP contribution in [0.25, 0.3) is 0 Å². The molecule has 1 N–H and O–H groups in total. The zero-order chi connectivity index (χ0) is 13.1. The molecule has 1 aliphatic heterocycles. The Balaban J connectivity index is 1.78. The molecule has 0 aromatic heterocycles. The molecule has 0 aromatic rings. The Labute approximate surface area is 105 Å². The van der Waals surface area contributed by atoms with Crippen molar-refractivity contribution < 1.29 is 22.6 Å². The maximum Gasteiger partial charge on any atom is 0.411 e. The minimum absolute atomic E-state index is 0.162. The van der Waals surface area contributed by atoms with E-state index in [0.29, 0.717) is 19.3 Å². The molecule has 0 spiro atoms. The minimum Gasteiger partial charge on any atom is -0.381 e. The zero-order valence-electron chi connectivity index (χ0n) is 10.4. The van der Waals surface area contributed by atoms with Crippen LogP contribution < -0.4 is 5.32 Å². The molecule has 2 rings (SSSR count). The van der Waals surface area contributed by atoms with Gasteiger partial charge in [0.25, 0.3) is 0 Å². The van der Waals surface area contributed by atoms with Crippen LogP contribution in [-0.2, 0) is 9.47 Å². The average Bonchev–Trinajstić information content (AvgIpc) is 3.10. The van der Waals surface area contributed by atoms with Crippen molar-refractivity contribution in [3.8, 4) is 0 Å². The van der Waals surface area contributed by atoms with Gasteiger partial charge in [0.05, 0.1) is 6.61 Å². The van der Waals surface area contributed by atoms with E-state index in [1.807, 2.05) is 0 Å². The Kier molecular flexibility index (Phi) is 4.50. The fourth-order valence-electron chi connectivity index (χ4n) is 2.21. The molecule has 0 unspecified atom stereocenters. The Bertz CT molecular complexity index is 261. The lowest BCUT2D eigenvalue weighted by Gasteiger charge is -2.37. The summed E-state index contributed by atoms with van der Waals surface area (Å²) in [6.07, 6.45) is -0.350. The van der Waals surface area contributed by atoms with E-state index in [4.69, 9.17) is 9.47 Å². The van der Waals surface area contributed by atoms with Crippen molar-refractivity contribution in [2.75, 3.05) is 33.0 Å². The van der Waals surface area contributed by atoms with Gasteiger partial charge >= 0.3 is 6.18 Å². The molecule has 0 radical (unpaired) electrons.